The third kappa shape index (κ3) is 3.51. The normalized spacial score (nSPS) is 10.8. The van der Waals surface area contributed by atoms with Gasteiger partial charge in [0.05, 0.1) is 12.5 Å². The Morgan fingerprint density at radius 2 is 2.38 bits per heavy atom. The maximum absolute atomic E-state index is 4.74. The first-order valence-electron chi connectivity index (χ1n) is 5.50. The van der Waals surface area contributed by atoms with E-state index in [1.54, 1.807) is 12.5 Å². The highest BCUT2D eigenvalue weighted by atomic mass is 16.5. The van der Waals surface area contributed by atoms with Gasteiger partial charge >= 0.3 is 0 Å². The molecule has 0 spiro atoms. The van der Waals surface area contributed by atoms with Crippen LogP contribution in [0.25, 0.3) is 0 Å². The summed E-state index contributed by atoms with van der Waals surface area (Å²) < 4.78 is 6.84. The minimum Gasteiger partial charge on any atom is -0.364 e. The molecule has 0 saturated carbocycles. The zero-order valence-corrected chi connectivity index (χ0v) is 9.17. The van der Waals surface area contributed by atoms with E-state index in [0.717, 1.165) is 38.0 Å². The molecule has 2 rings (SSSR count). The Kier molecular flexibility index (Phi) is 4.13. The largest absolute Gasteiger partial charge is 0.364 e. The zero-order chi connectivity index (χ0) is 11.1. The van der Waals surface area contributed by atoms with Crippen LogP contribution in [-0.2, 0) is 13.1 Å². The number of nitrogens with zero attached hydrogens (tertiary/aromatic N) is 3. The number of aryl methyl sites for hydroxylation is 1. The van der Waals surface area contributed by atoms with Crippen LogP contribution in [0.1, 0.15) is 18.4 Å². The van der Waals surface area contributed by atoms with Crippen molar-refractivity contribution in [2.45, 2.75) is 25.9 Å². The Hall–Kier alpha value is -1.62. The molecule has 2 aromatic rings. The van der Waals surface area contributed by atoms with Crippen LogP contribution in [0.2, 0.25) is 0 Å². The molecule has 0 saturated heterocycles. The molecule has 0 radical (unpaired) electrons. The van der Waals surface area contributed by atoms with Gasteiger partial charge in [-0.3, -0.25) is 0 Å². The number of hydrogen-bond acceptors (Lipinski definition) is 4. The first-order valence-corrected chi connectivity index (χ1v) is 5.50. The smallest absolute Gasteiger partial charge is 0.128 e. The Bertz CT molecular complexity index is 330. The molecule has 2 aromatic heterocycles. The molecule has 0 unspecified atom stereocenters. The summed E-state index contributed by atoms with van der Waals surface area (Å²) in [6, 6.07) is 0. The molecular formula is C11H16N4O. The molecule has 0 bridgehead atoms. The molecule has 1 N–H and O–H groups in total. The van der Waals surface area contributed by atoms with Crippen molar-refractivity contribution < 1.29 is 4.52 Å². The van der Waals surface area contributed by atoms with Crippen molar-refractivity contribution in [3.63, 3.8) is 0 Å². The standard InChI is InChI=1S/C11H16N4O/c1(2-5-15-6-4-13-10-15)3-12-7-11-8-14-16-9-11/h4,6,8-10,12H,1-3,5,7H2. The van der Waals surface area contributed by atoms with Gasteiger partial charge in [-0.1, -0.05) is 5.16 Å². The molecule has 86 valence electrons. The highest BCUT2D eigenvalue weighted by molar-refractivity contribution is 4.98. The van der Waals surface area contributed by atoms with Crippen LogP contribution < -0.4 is 5.32 Å². The summed E-state index contributed by atoms with van der Waals surface area (Å²) in [6.45, 7) is 2.88. The molecule has 5 heteroatoms. The number of rotatable bonds is 7. The van der Waals surface area contributed by atoms with Crippen LogP contribution >= 0.6 is 0 Å². The SMILES string of the molecule is c1cn(CCCCNCc2cnoc2)cn1. The Morgan fingerprint density at radius 1 is 1.38 bits per heavy atom. The van der Waals surface area contributed by atoms with Gasteiger partial charge in [0.1, 0.15) is 6.26 Å². The third-order valence-corrected chi connectivity index (χ3v) is 2.39. The van der Waals surface area contributed by atoms with Crippen LogP contribution in [0.3, 0.4) is 0 Å². The fourth-order valence-electron chi connectivity index (χ4n) is 1.51. The molecule has 0 aromatic carbocycles. The minimum atomic E-state index is 0.828. The zero-order valence-electron chi connectivity index (χ0n) is 9.17. The summed E-state index contributed by atoms with van der Waals surface area (Å²) in [5.41, 5.74) is 1.09. The van der Waals surface area contributed by atoms with E-state index in [-0.39, 0.29) is 0 Å². The summed E-state index contributed by atoms with van der Waals surface area (Å²) in [6.07, 6.45) is 11.4. The van der Waals surface area contributed by atoms with E-state index in [4.69, 9.17) is 4.52 Å². The summed E-state index contributed by atoms with van der Waals surface area (Å²) in [5.74, 6) is 0. The average molecular weight is 220 g/mol. The Morgan fingerprint density at radius 3 is 3.12 bits per heavy atom. The molecular weight excluding hydrogens is 204 g/mol. The van der Waals surface area contributed by atoms with Gasteiger partial charge in [-0.2, -0.15) is 0 Å². The highest BCUT2D eigenvalue weighted by Gasteiger charge is 1.95. The van der Waals surface area contributed by atoms with E-state index in [1.807, 2.05) is 18.7 Å². The van der Waals surface area contributed by atoms with Crippen LogP contribution in [-0.4, -0.2) is 21.3 Å². The van der Waals surface area contributed by atoms with Gasteiger partial charge in [-0.05, 0) is 19.4 Å². The van der Waals surface area contributed by atoms with Gasteiger partial charge in [0.15, 0.2) is 0 Å². The number of aromatic nitrogens is 3. The maximum atomic E-state index is 4.74. The second kappa shape index (κ2) is 6.07. The molecule has 0 fully saturated rings. The van der Waals surface area contributed by atoms with Gasteiger partial charge < -0.3 is 14.4 Å². The number of nitrogens with one attached hydrogen (secondary N) is 1. The van der Waals surface area contributed by atoms with E-state index >= 15 is 0 Å². The summed E-state index contributed by atoms with van der Waals surface area (Å²) >= 11 is 0. The topological polar surface area (TPSA) is 55.9 Å². The van der Waals surface area contributed by atoms with Crippen LogP contribution in [0, 0.1) is 0 Å². The predicted octanol–water partition coefficient (Wildman–Crippen LogP) is 1.44. The van der Waals surface area contributed by atoms with Crippen molar-refractivity contribution in [3.05, 3.63) is 36.7 Å². The van der Waals surface area contributed by atoms with Crippen molar-refractivity contribution in [2.75, 3.05) is 6.54 Å². The average Bonchev–Trinajstić information content (AvgIpc) is 2.96. The second-order valence-corrected chi connectivity index (χ2v) is 3.72. The van der Waals surface area contributed by atoms with Crippen molar-refractivity contribution in [2.24, 2.45) is 0 Å². The molecule has 0 aliphatic heterocycles. The summed E-state index contributed by atoms with van der Waals surface area (Å²) in [5, 5.41) is 6.99. The molecule has 5 nitrogen and oxygen atoms in total. The van der Waals surface area contributed by atoms with E-state index in [1.165, 1.54) is 0 Å². The van der Waals surface area contributed by atoms with E-state index in [2.05, 4.69) is 20.0 Å². The first kappa shape index (κ1) is 10.9. The highest BCUT2D eigenvalue weighted by Crippen LogP contribution is 1.97. The monoisotopic (exact) mass is 220 g/mol. The maximum Gasteiger partial charge on any atom is 0.128 e. The van der Waals surface area contributed by atoms with E-state index in [0.29, 0.717) is 0 Å². The van der Waals surface area contributed by atoms with Gasteiger partial charge in [0.2, 0.25) is 0 Å². The minimum absolute atomic E-state index is 0.828. The van der Waals surface area contributed by atoms with E-state index < -0.39 is 0 Å². The van der Waals surface area contributed by atoms with Gasteiger partial charge in [-0.25, -0.2) is 4.98 Å². The van der Waals surface area contributed by atoms with Crippen LogP contribution in [0.5, 0.6) is 0 Å². The molecule has 16 heavy (non-hydrogen) atoms. The number of hydrogen-bond donors (Lipinski definition) is 1. The van der Waals surface area contributed by atoms with Crippen molar-refractivity contribution in [1.29, 1.82) is 0 Å². The predicted molar refractivity (Wildman–Crippen MR) is 59.7 cm³/mol. The molecule has 2 heterocycles. The Balaban J connectivity index is 1.49. The van der Waals surface area contributed by atoms with Crippen molar-refractivity contribution in [1.82, 2.24) is 20.0 Å². The summed E-state index contributed by atoms with van der Waals surface area (Å²) in [7, 11) is 0. The van der Waals surface area contributed by atoms with Gasteiger partial charge in [0, 0.05) is 31.0 Å². The lowest BCUT2D eigenvalue weighted by Gasteiger charge is -2.03. The lowest BCUT2D eigenvalue weighted by Crippen LogP contribution is -2.14. The quantitative estimate of drug-likeness (QED) is 0.717. The lowest BCUT2D eigenvalue weighted by molar-refractivity contribution is 0.418. The first-order chi connectivity index (χ1) is 7.95. The molecule has 0 amide bonds. The molecule has 0 aliphatic carbocycles. The fourth-order valence-corrected chi connectivity index (χ4v) is 1.51. The van der Waals surface area contributed by atoms with Gasteiger partial charge in [-0.15, -0.1) is 0 Å². The summed E-state index contributed by atoms with van der Waals surface area (Å²) in [4.78, 5) is 4.00. The van der Waals surface area contributed by atoms with Crippen LogP contribution in [0.4, 0.5) is 0 Å². The molecule has 0 aliphatic rings. The Labute approximate surface area is 94.5 Å². The van der Waals surface area contributed by atoms with Gasteiger partial charge in [0.25, 0.3) is 0 Å². The number of imidazole rings is 1. The third-order valence-electron chi connectivity index (χ3n) is 2.39. The molecule has 0 atom stereocenters. The van der Waals surface area contributed by atoms with Crippen molar-refractivity contribution >= 4 is 0 Å². The lowest BCUT2D eigenvalue weighted by atomic mass is 10.3. The van der Waals surface area contributed by atoms with Crippen molar-refractivity contribution in [3.8, 4) is 0 Å². The van der Waals surface area contributed by atoms with Crippen LogP contribution in [0.15, 0.2) is 35.7 Å². The second-order valence-electron chi connectivity index (χ2n) is 3.72. The fraction of sp³-hybridized carbons (Fsp3) is 0.455. The number of unbranched alkanes of at least 4 members (excludes halogenated alkanes) is 1. The van der Waals surface area contributed by atoms with E-state index in [9.17, 15) is 0 Å².